The van der Waals surface area contributed by atoms with Crippen molar-refractivity contribution in [3.63, 3.8) is 0 Å². The van der Waals surface area contributed by atoms with Crippen LogP contribution >= 0.6 is 0 Å². The van der Waals surface area contributed by atoms with Gasteiger partial charge in [-0.15, -0.1) is 0 Å². The maximum atomic E-state index is 15.3. The van der Waals surface area contributed by atoms with E-state index < -0.39 is 63.6 Å². The number of hydrogen-bond acceptors (Lipinski definition) is 9. The highest BCUT2D eigenvalue weighted by Gasteiger charge is 2.70. The first-order chi connectivity index (χ1) is 25.1. The molecule has 2 N–H and O–H groups in total. The molecule has 0 radical (unpaired) electrons. The van der Waals surface area contributed by atoms with Gasteiger partial charge in [-0.05, 0) is 55.5 Å². The van der Waals surface area contributed by atoms with Gasteiger partial charge in [-0.3, -0.25) is 34.7 Å². The molecule has 3 fully saturated rings. The fourth-order valence-corrected chi connectivity index (χ4v) is 9.03. The minimum absolute atomic E-state index is 0.0587. The number of rotatable bonds is 7. The quantitative estimate of drug-likeness (QED) is 0.105. The van der Waals surface area contributed by atoms with Gasteiger partial charge in [0.15, 0.2) is 0 Å². The molecule has 2 aliphatic carbocycles. The smallest absolute Gasteiger partial charge is 0.271 e. The molecular formula is C40H34N4O8. The van der Waals surface area contributed by atoms with Crippen LogP contribution in [0.4, 0.5) is 17.1 Å². The number of nitro groups is 1. The van der Waals surface area contributed by atoms with E-state index in [4.69, 9.17) is 4.74 Å². The topological polar surface area (TPSA) is 159 Å². The van der Waals surface area contributed by atoms with Gasteiger partial charge in [-0.25, -0.2) is 4.90 Å². The van der Waals surface area contributed by atoms with Gasteiger partial charge in [0, 0.05) is 29.7 Å². The van der Waals surface area contributed by atoms with Crippen molar-refractivity contribution in [2.45, 2.75) is 31.1 Å². The third-order valence-corrected chi connectivity index (χ3v) is 11.2. The molecule has 0 bridgehead atoms. The zero-order chi connectivity index (χ0) is 36.5. The highest BCUT2D eigenvalue weighted by molar-refractivity contribution is 6.22. The Morgan fingerprint density at radius 2 is 1.63 bits per heavy atom. The number of hydrogen-bond donors (Lipinski definition) is 2. The fraction of sp³-hybridized carbons (Fsp3) is 0.250. The third kappa shape index (κ3) is 4.74. The van der Waals surface area contributed by atoms with Crippen LogP contribution in [-0.4, -0.2) is 45.8 Å². The number of hydrazine groups is 1. The van der Waals surface area contributed by atoms with E-state index in [9.17, 15) is 29.6 Å². The zero-order valence-electron chi connectivity index (χ0n) is 28.3. The number of ether oxygens (including phenoxy) is 1. The molecule has 0 aromatic heterocycles. The number of aromatic hydroxyl groups is 1. The van der Waals surface area contributed by atoms with Crippen LogP contribution in [0.1, 0.15) is 35.4 Å². The summed E-state index contributed by atoms with van der Waals surface area (Å²) in [5.41, 5.74) is 4.79. The number of aryl methyl sites for hydroxylation is 1. The van der Waals surface area contributed by atoms with Crippen LogP contribution in [0.3, 0.4) is 0 Å². The van der Waals surface area contributed by atoms with E-state index in [0.717, 1.165) is 15.5 Å². The number of methoxy groups -OCH3 is 1. The van der Waals surface area contributed by atoms with Crippen molar-refractivity contribution in [1.82, 2.24) is 5.01 Å². The Hall–Kier alpha value is -6.30. The predicted molar refractivity (Wildman–Crippen MR) is 189 cm³/mol. The monoisotopic (exact) mass is 698 g/mol. The molecule has 0 spiro atoms. The van der Waals surface area contributed by atoms with Gasteiger partial charge in [0.1, 0.15) is 11.5 Å². The predicted octanol–water partition coefficient (Wildman–Crippen LogP) is 5.81. The van der Waals surface area contributed by atoms with Gasteiger partial charge in [-0.2, -0.15) is 5.01 Å². The van der Waals surface area contributed by atoms with E-state index in [1.165, 1.54) is 43.5 Å². The van der Waals surface area contributed by atoms with Crippen molar-refractivity contribution >= 4 is 40.7 Å². The summed E-state index contributed by atoms with van der Waals surface area (Å²) >= 11 is 0. The third-order valence-electron chi connectivity index (χ3n) is 11.2. The number of anilines is 2. The van der Waals surface area contributed by atoms with E-state index in [1.807, 2.05) is 55.5 Å². The summed E-state index contributed by atoms with van der Waals surface area (Å²) < 4.78 is 5.82. The molecule has 12 heteroatoms. The van der Waals surface area contributed by atoms with Gasteiger partial charge in [-0.1, -0.05) is 71.8 Å². The standard InChI is InChI=1S/C40H34N4O8/c1-22-11-13-24(14-12-22)41-43-37(47)32-21-31-28(17-18-30-34(31)38(48)42(36(30)46)25-9-6-10-26(19-25)44(50)51)35(29-16-15-27(45)20-33(29)52-2)40(32,39(43)49)23-7-4-3-5-8-23/h3-17,19-20,30-32,34-35,41,45H,18,21H2,1-2H3. The molecule has 4 aliphatic rings. The van der Waals surface area contributed by atoms with Crippen molar-refractivity contribution in [2.75, 3.05) is 17.4 Å². The van der Waals surface area contributed by atoms with Crippen molar-refractivity contribution in [1.29, 1.82) is 0 Å². The summed E-state index contributed by atoms with van der Waals surface area (Å²) in [6.07, 6.45) is 2.17. The molecule has 4 aromatic rings. The summed E-state index contributed by atoms with van der Waals surface area (Å²) in [7, 11) is 1.46. The van der Waals surface area contributed by atoms with E-state index >= 15 is 4.79 Å². The first kappa shape index (κ1) is 32.9. The van der Waals surface area contributed by atoms with Crippen molar-refractivity contribution in [3.8, 4) is 11.5 Å². The molecule has 2 saturated heterocycles. The lowest BCUT2D eigenvalue weighted by Gasteiger charge is -2.50. The zero-order valence-corrected chi connectivity index (χ0v) is 28.3. The number of phenolic OH excluding ortho intramolecular Hbond substituents is 1. The van der Waals surface area contributed by atoms with Crippen molar-refractivity contribution < 1.29 is 33.9 Å². The lowest BCUT2D eigenvalue weighted by Crippen LogP contribution is -2.53. The van der Waals surface area contributed by atoms with E-state index in [2.05, 4.69) is 5.43 Å². The number of amides is 4. The van der Waals surface area contributed by atoms with Gasteiger partial charge >= 0.3 is 0 Å². The maximum absolute atomic E-state index is 15.3. The Balaban J connectivity index is 1.32. The lowest BCUT2D eigenvalue weighted by atomic mass is 9.49. The largest absolute Gasteiger partial charge is 0.508 e. The molecule has 52 heavy (non-hydrogen) atoms. The second-order valence-corrected chi connectivity index (χ2v) is 13.8. The fourth-order valence-electron chi connectivity index (χ4n) is 9.03. The summed E-state index contributed by atoms with van der Waals surface area (Å²) in [4.78, 5) is 70.6. The molecular weight excluding hydrogens is 664 g/mol. The molecule has 12 nitrogen and oxygen atoms in total. The van der Waals surface area contributed by atoms with E-state index in [-0.39, 0.29) is 30.0 Å². The van der Waals surface area contributed by atoms with Crippen molar-refractivity contribution in [3.05, 3.63) is 136 Å². The number of non-ortho nitro benzene ring substituents is 1. The molecule has 2 aliphatic heterocycles. The number of nitrogens with zero attached hydrogens (tertiary/aromatic N) is 3. The second kappa shape index (κ2) is 12.2. The lowest BCUT2D eigenvalue weighted by molar-refractivity contribution is -0.384. The number of benzene rings is 4. The van der Waals surface area contributed by atoms with Gasteiger partial charge < -0.3 is 9.84 Å². The Morgan fingerprint density at radius 3 is 2.35 bits per heavy atom. The Labute approximate surface area is 298 Å². The minimum atomic E-state index is -1.51. The molecule has 4 amide bonds. The van der Waals surface area contributed by atoms with Gasteiger partial charge in [0.25, 0.3) is 17.5 Å². The van der Waals surface area contributed by atoms with Crippen LogP contribution in [0.25, 0.3) is 0 Å². The highest BCUT2D eigenvalue weighted by atomic mass is 16.6. The molecule has 1 saturated carbocycles. The van der Waals surface area contributed by atoms with Gasteiger partial charge in [0.05, 0.1) is 46.6 Å². The number of carbonyl (C=O) groups is 4. The molecule has 2 heterocycles. The second-order valence-electron chi connectivity index (χ2n) is 13.8. The maximum Gasteiger partial charge on any atom is 0.271 e. The molecule has 8 rings (SSSR count). The van der Waals surface area contributed by atoms with Crippen LogP contribution in [0.5, 0.6) is 11.5 Å². The highest BCUT2D eigenvalue weighted by Crippen LogP contribution is 2.65. The molecule has 6 atom stereocenters. The molecule has 6 unspecified atom stereocenters. The first-order valence-corrected chi connectivity index (χ1v) is 17.0. The van der Waals surface area contributed by atoms with E-state index in [0.29, 0.717) is 28.1 Å². The summed E-state index contributed by atoms with van der Waals surface area (Å²) in [6, 6.07) is 26.5. The van der Waals surface area contributed by atoms with Crippen molar-refractivity contribution in [2.24, 2.45) is 23.7 Å². The van der Waals surface area contributed by atoms with Crippen LogP contribution < -0.4 is 15.1 Å². The summed E-state index contributed by atoms with van der Waals surface area (Å²) in [5, 5.41) is 23.2. The molecule has 262 valence electrons. The number of fused-ring (bicyclic) bond motifs is 4. The van der Waals surface area contributed by atoms with Crippen LogP contribution in [0.2, 0.25) is 0 Å². The minimum Gasteiger partial charge on any atom is -0.508 e. The SMILES string of the molecule is COc1cc(O)ccc1C1C2=CCC3C(=O)N(c4cccc([N+](=O)[O-])c4)C(=O)C3C2CC2C(=O)N(Nc3ccc(C)cc3)C(=O)C21c1ccccc1. The Morgan fingerprint density at radius 1 is 0.885 bits per heavy atom. The first-order valence-electron chi connectivity index (χ1n) is 17.0. The average molecular weight is 699 g/mol. The number of nitro benzene ring substituents is 1. The number of carbonyl (C=O) groups excluding carboxylic acids is 4. The average Bonchev–Trinajstić information content (AvgIpc) is 3.53. The van der Waals surface area contributed by atoms with E-state index in [1.54, 1.807) is 18.2 Å². The summed E-state index contributed by atoms with van der Waals surface area (Å²) in [6.45, 7) is 1.93. The normalized spacial score (nSPS) is 26.4. The van der Waals surface area contributed by atoms with Crippen LogP contribution in [0.15, 0.2) is 109 Å². The molecule has 4 aromatic carbocycles. The van der Waals surface area contributed by atoms with Gasteiger partial charge in [0.2, 0.25) is 11.8 Å². The Kier molecular flexibility index (Phi) is 7.70. The van der Waals surface area contributed by atoms with Crippen LogP contribution in [0, 0.1) is 40.7 Å². The number of nitrogens with one attached hydrogen (secondary N) is 1. The van der Waals surface area contributed by atoms with Crippen LogP contribution in [-0.2, 0) is 24.6 Å². The Bertz CT molecular complexity index is 2200. The number of imide groups is 2. The summed E-state index contributed by atoms with van der Waals surface area (Å²) in [5.74, 6) is -5.88. The number of allylic oxidation sites excluding steroid dienone is 2. The number of phenols is 1.